The number of ether oxygens (including phenoxy) is 1. The largest absolute Gasteiger partial charge is 0.457 e. The van der Waals surface area contributed by atoms with Crippen LogP contribution in [-0.4, -0.2) is 37.4 Å². The number of amidine groups is 1. The average molecular weight is 394 g/mol. The highest BCUT2D eigenvalue weighted by Crippen LogP contribution is 2.21. The van der Waals surface area contributed by atoms with Crippen LogP contribution in [0.1, 0.15) is 5.56 Å². The fourth-order valence-electron chi connectivity index (χ4n) is 3.03. The zero-order chi connectivity index (χ0) is 19.6. The zero-order valence-corrected chi connectivity index (χ0v) is 15.8. The highest BCUT2D eigenvalue weighted by atomic mass is 32.2. The van der Waals surface area contributed by atoms with Gasteiger partial charge in [0.05, 0.1) is 5.75 Å². The molecule has 0 saturated carbocycles. The number of rotatable bonds is 4. The third-order valence-corrected chi connectivity index (χ3v) is 5.66. The Balaban J connectivity index is 1.45. The molecule has 0 radical (unpaired) electrons. The lowest BCUT2D eigenvalue weighted by Crippen LogP contribution is -2.40. The first-order chi connectivity index (χ1) is 13.5. The van der Waals surface area contributed by atoms with Gasteiger partial charge in [-0.05, 0) is 28.8 Å². The summed E-state index contributed by atoms with van der Waals surface area (Å²) in [6.45, 7) is 0.359. The number of hydrogen-bond donors (Lipinski definition) is 0. The van der Waals surface area contributed by atoms with E-state index in [9.17, 15) is 13.2 Å². The molecule has 0 spiro atoms. The molecule has 2 heterocycles. The molecular weight excluding hydrogens is 376 g/mol. The Morgan fingerprint density at radius 2 is 1.75 bits per heavy atom. The van der Waals surface area contributed by atoms with Gasteiger partial charge in [-0.3, -0.25) is 0 Å². The van der Waals surface area contributed by atoms with Crippen LogP contribution in [0.3, 0.4) is 0 Å². The van der Waals surface area contributed by atoms with Crippen molar-refractivity contribution in [3.8, 4) is 11.1 Å². The van der Waals surface area contributed by atoms with Gasteiger partial charge in [0.25, 0.3) is 10.0 Å². The molecule has 142 valence electrons. The van der Waals surface area contributed by atoms with E-state index in [0.29, 0.717) is 0 Å². The SMILES string of the molecule is O=C(OCc1ccc(-c2ccccc2)cc1)C1=CC=CN2CCS(=O)(=O)N=C12. The van der Waals surface area contributed by atoms with Gasteiger partial charge in [0, 0.05) is 12.7 Å². The topological polar surface area (TPSA) is 76.0 Å². The summed E-state index contributed by atoms with van der Waals surface area (Å²) in [6, 6.07) is 17.7. The lowest BCUT2D eigenvalue weighted by atomic mass is 10.0. The van der Waals surface area contributed by atoms with Gasteiger partial charge in [-0.2, -0.15) is 0 Å². The van der Waals surface area contributed by atoms with Crippen molar-refractivity contribution in [2.24, 2.45) is 4.40 Å². The molecule has 2 aromatic carbocycles. The monoisotopic (exact) mass is 394 g/mol. The molecule has 28 heavy (non-hydrogen) atoms. The second-order valence-corrected chi connectivity index (χ2v) is 8.21. The maximum Gasteiger partial charge on any atom is 0.342 e. The molecule has 0 amide bonds. The van der Waals surface area contributed by atoms with Crippen LogP contribution >= 0.6 is 0 Å². The van der Waals surface area contributed by atoms with E-state index in [2.05, 4.69) is 4.40 Å². The third kappa shape index (κ3) is 3.89. The molecule has 6 nitrogen and oxygen atoms in total. The van der Waals surface area contributed by atoms with Crippen molar-refractivity contribution in [2.75, 3.05) is 12.3 Å². The van der Waals surface area contributed by atoms with Gasteiger partial charge in [0.15, 0.2) is 5.84 Å². The van der Waals surface area contributed by atoms with Crippen LogP contribution in [0.2, 0.25) is 0 Å². The van der Waals surface area contributed by atoms with Crippen molar-refractivity contribution < 1.29 is 17.9 Å². The van der Waals surface area contributed by atoms with E-state index in [-0.39, 0.29) is 30.3 Å². The first-order valence-electron chi connectivity index (χ1n) is 8.81. The van der Waals surface area contributed by atoms with Gasteiger partial charge in [0.2, 0.25) is 0 Å². The van der Waals surface area contributed by atoms with Gasteiger partial charge in [0.1, 0.15) is 12.2 Å². The quantitative estimate of drug-likeness (QED) is 0.746. The molecule has 2 aliphatic heterocycles. The Labute approximate surface area is 163 Å². The molecule has 7 heteroatoms. The van der Waals surface area contributed by atoms with Crippen molar-refractivity contribution in [3.63, 3.8) is 0 Å². The Morgan fingerprint density at radius 1 is 1.04 bits per heavy atom. The molecule has 0 fully saturated rings. The van der Waals surface area contributed by atoms with E-state index in [0.717, 1.165) is 16.7 Å². The number of carbonyl (C=O) groups is 1. The van der Waals surface area contributed by atoms with E-state index in [1.165, 1.54) is 6.08 Å². The van der Waals surface area contributed by atoms with Gasteiger partial charge < -0.3 is 9.64 Å². The molecule has 0 atom stereocenters. The molecule has 0 unspecified atom stereocenters. The van der Waals surface area contributed by atoms with E-state index in [4.69, 9.17) is 4.74 Å². The number of allylic oxidation sites excluding steroid dienone is 2. The van der Waals surface area contributed by atoms with Gasteiger partial charge in [-0.15, -0.1) is 4.40 Å². The minimum Gasteiger partial charge on any atom is -0.457 e. The van der Waals surface area contributed by atoms with Crippen molar-refractivity contribution in [1.82, 2.24) is 4.90 Å². The van der Waals surface area contributed by atoms with Crippen molar-refractivity contribution in [3.05, 3.63) is 84.1 Å². The standard InChI is InChI=1S/C21H18N2O4S/c24-21(19-7-4-12-23-13-14-28(25,26)22-20(19)23)27-15-16-8-10-18(11-9-16)17-5-2-1-3-6-17/h1-12H,13-15H2. The summed E-state index contributed by atoms with van der Waals surface area (Å²) in [6.07, 6.45) is 4.91. The number of sulfonamides is 1. The molecular formula is C21H18N2O4S. The summed E-state index contributed by atoms with van der Waals surface area (Å²) in [5, 5.41) is 0. The third-order valence-electron chi connectivity index (χ3n) is 4.51. The fourth-order valence-corrected chi connectivity index (χ4v) is 4.01. The van der Waals surface area contributed by atoms with Crippen molar-refractivity contribution in [2.45, 2.75) is 6.61 Å². The minimum absolute atomic E-state index is 0.0725. The summed E-state index contributed by atoms with van der Waals surface area (Å²) >= 11 is 0. The summed E-state index contributed by atoms with van der Waals surface area (Å²) in [5.74, 6) is -0.549. The molecule has 4 rings (SSSR count). The normalized spacial score (nSPS) is 17.4. The maximum atomic E-state index is 12.5. The molecule has 0 aliphatic carbocycles. The zero-order valence-electron chi connectivity index (χ0n) is 15.0. The molecule has 0 N–H and O–H groups in total. The molecule has 2 aliphatic rings. The van der Waals surface area contributed by atoms with Gasteiger partial charge in [-0.1, -0.05) is 54.6 Å². The summed E-state index contributed by atoms with van der Waals surface area (Å²) in [7, 11) is -3.55. The number of fused-ring (bicyclic) bond motifs is 1. The molecule has 0 aromatic heterocycles. The van der Waals surface area contributed by atoms with E-state index in [1.54, 1.807) is 17.2 Å². The summed E-state index contributed by atoms with van der Waals surface area (Å²) < 4.78 is 32.7. The number of benzene rings is 2. The fraction of sp³-hybridized carbons (Fsp3) is 0.143. The van der Waals surface area contributed by atoms with E-state index >= 15 is 0 Å². The van der Waals surface area contributed by atoms with E-state index < -0.39 is 16.0 Å². The lowest BCUT2D eigenvalue weighted by molar-refractivity contribution is -0.139. The predicted molar refractivity (Wildman–Crippen MR) is 107 cm³/mol. The smallest absolute Gasteiger partial charge is 0.342 e. The molecule has 0 bridgehead atoms. The van der Waals surface area contributed by atoms with Crippen LogP contribution in [0, 0.1) is 0 Å². The summed E-state index contributed by atoms with van der Waals surface area (Å²) in [4.78, 5) is 14.1. The van der Waals surface area contributed by atoms with Crippen LogP contribution in [0.15, 0.2) is 82.9 Å². The van der Waals surface area contributed by atoms with Crippen LogP contribution in [0.5, 0.6) is 0 Å². The Bertz CT molecular complexity index is 1080. The predicted octanol–water partition coefficient (Wildman–Crippen LogP) is 2.89. The van der Waals surface area contributed by atoms with Crippen LogP contribution in [0.4, 0.5) is 0 Å². The Kier molecular flexibility index (Phi) is 4.83. The Hall–Kier alpha value is -3.19. The molecule has 0 saturated heterocycles. The number of esters is 1. The second-order valence-electron chi connectivity index (χ2n) is 6.46. The number of hydrogen-bond acceptors (Lipinski definition) is 5. The second kappa shape index (κ2) is 7.44. The average Bonchev–Trinajstić information content (AvgIpc) is 2.72. The van der Waals surface area contributed by atoms with Gasteiger partial charge in [-0.25, -0.2) is 13.2 Å². The maximum absolute atomic E-state index is 12.5. The van der Waals surface area contributed by atoms with E-state index in [1.807, 2.05) is 54.6 Å². The number of nitrogens with zero attached hydrogens (tertiary/aromatic N) is 2. The first kappa shape index (κ1) is 18.2. The van der Waals surface area contributed by atoms with Crippen LogP contribution < -0.4 is 0 Å². The molecule has 2 aromatic rings. The first-order valence-corrected chi connectivity index (χ1v) is 10.4. The Morgan fingerprint density at radius 3 is 2.50 bits per heavy atom. The van der Waals surface area contributed by atoms with Crippen LogP contribution in [-0.2, 0) is 26.2 Å². The number of carbonyl (C=O) groups excluding carboxylic acids is 1. The highest BCUT2D eigenvalue weighted by Gasteiger charge is 2.30. The summed E-state index contributed by atoms with van der Waals surface area (Å²) in [5.41, 5.74) is 3.18. The highest BCUT2D eigenvalue weighted by molar-refractivity contribution is 7.90. The van der Waals surface area contributed by atoms with Crippen molar-refractivity contribution >= 4 is 21.8 Å². The van der Waals surface area contributed by atoms with Crippen molar-refractivity contribution in [1.29, 1.82) is 0 Å². The van der Waals surface area contributed by atoms with Gasteiger partial charge >= 0.3 is 5.97 Å². The minimum atomic E-state index is -3.55. The van der Waals surface area contributed by atoms with Crippen LogP contribution in [0.25, 0.3) is 11.1 Å². The lowest BCUT2D eigenvalue weighted by Gasteiger charge is -2.28.